The normalized spacial score (nSPS) is 20.8. The zero-order valence-electron chi connectivity index (χ0n) is 11.8. The van der Waals surface area contributed by atoms with Crippen molar-refractivity contribution < 1.29 is 9.53 Å². The summed E-state index contributed by atoms with van der Waals surface area (Å²) in [5.41, 5.74) is 0.753. The van der Waals surface area contributed by atoms with Crippen LogP contribution in [0.4, 0.5) is 5.13 Å². The van der Waals surface area contributed by atoms with Crippen LogP contribution in [-0.4, -0.2) is 55.5 Å². The number of aldehydes is 1. The predicted octanol–water partition coefficient (Wildman–Crippen LogP) is 1.63. The van der Waals surface area contributed by atoms with E-state index >= 15 is 0 Å². The lowest BCUT2D eigenvalue weighted by Gasteiger charge is -2.39. The van der Waals surface area contributed by atoms with Gasteiger partial charge in [0.2, 0.25) is 0 Å². The molecule has 0 N–H and O–H groups in total. The maximum Gasteiger partial charge on any atom is 0.186 e. The highest BCUT2D eigenvalue weighted by molar-refractivity contribution is 7.17. The number of likely N-dealkylation sites (N-methyl/N-ethyl adjacent to an activating group) is 1. The van der Waals surface area contributed by atoms with Crippen molar-refractivity contribution in [1.82, 2.24) is 9.88 Å². The maximum absolute atomic E-state index is 11.0. The van der Waals surface area contributed by atoms with Gasteiger partial charge in [0.1, 0.15) is 0 Å². The molecule has 106 valence electrons. The van der Waals surface area contributed by atoms with E-state index in [1.807, 2.05) is 0 Å². The number of hydrogen-bond donors (Lipinski definition) is 0. The van der Waals surface area contributed by atoms with Crippen molar-refractivity contribution in [2.45, 2.75) is 26.5 Å². The van der Waals surface area contributed by atoms with Crippen LogP contribution in [0.5, 0.6) is 0 Å². The van der Waals surface area contributed by atoms with Gasteiger partial charge in [-0.15, -0.1) is 0 Å². The largest absolute Gasteiger partial charge is 0.378 e. The van der Waals surface area contributed by atoms with E-state index in [2.05, 4.69) is 28.6 Å². The van der Waals surface area contributed by atoms with Crippen molar-refractivity contribution in [3.63, 3.8) is 0 Å². The predicted molar refractivity (Wildman–Crippen MR) is 77.1 cm³/mol. The molecule has 1 saturated heterocycles. The van der Waals surface area contributed by atoms with Crippen molar-refractivity contribution >= 4 is 22.8 Å². The number of anilines is 1. The molecule has 1 fully saturated rings. The summed E-state index contributed by atoms with van der Waals surface area (Å²) < 4.78 is 5.09. The van der Waals surface area contributed by atoms with E-state index in [1.165, 1.54) is 11.3 Å². The Balaban J connectivity index is 2.12. The zero-order chi connectivity index (χ0) is 13.8. The van der Waals surface area contributed by atoms with E-state index in [1.54, 1.807) is 7.11 Å². The van der Waals surface area contributed by atoms with Crippen LogP contribution >= 0.6 is 11.3 Å². The molecule has 0 spiro atoms. The molecular weight excluding hydrogens is 262 g/mol. The third-order valence-corrected chi connectivity index (χ3v) is 4.63. The first-order valence-corrected chi connectivity index (χ1v) is 7.44. The van der Waals surface area contributed by atoms with Crippen LogP contribution in [0.25, 0.3) is 0 Å². The van der Waals surface area contributed by atoms with Gasteiger partial charge in [0.05, 0.1) is 17.2 Å². The lowest BCUT2D eigenvalue weighted by Crippen LogP contribution is -2.51. The number of carbonyl (C=O) groups is 1. The molecule has 0 aliphatic carbocycles. The lowest BCUT2D eigenvalue weighted by molar-refractivity contribution is 0.112. The van der Waals surface area contributed by atoms with E-state index in [9.17, 15) is 4.79 Å². The number of ether oxygens (including phenoxy) is 1. The van der Waals surface area contributed by atoms with Crippen LogP contribution in [0.15, 0.2) is 0 Å². The van der Waals surface area contributed by atoms with Crippen LogP contribution in [0, 0.1) is 0 Å². The summed E-state index contributed by atoms with van der Waals surface area (Å²) in [6.07, 6.45) is 0.876. The molecule has 6 heteroatoms. The van der Waals surface area contributed by atoms with Crippen LogP contribution in [0.3, 0.4) is 0 Å². The van der Waals surface area contributed by atoms with E-state index in [-0.39, 0.29) is 0 Å². The second kappa shape index (κ2) is 6.45. The second-order valence-electron chi connectivity index (χ2n) is 4.78. The highest BCUT2D eigenvalue weighted by Gasteiger charge is 2.25. The minimum atomic E-state index is 0.398. The lowest BCUT2D eigenvalue weighted by atomic mass is 10.2. The molecule has 1 aliphatic rings. The van der Waals surface area contributed by atoms with Gasteiger partial charge in [-0.25, -0.2) is 4.98 Å². The summed E-state index contributed by atoms with van der Waals surface area (Å²) in [4.78, 5) is 21.0. The van der Waals surface area contributed by atoms with Gasteiger partial charge >= 0.3 is 0 Å². The minimum Gasteiger partial charge on any atom is -0.378 e. The molecule has 0 aromatic carbocycles. The molecular formula is C13H21N3O2S. The number of thiazole rings is 1. The zero-order valence-corrected chi connectivity index (χ0v) is 12.6. The van der Waals surface area contributed by atoms with Gasteiger partial charge in [0.25, 0.3) is 0 Å². The summed E-state index contributed by atoms with van der Waals surface area (Å²) in [5.74, 6) is 0. The summed E-state index contributed by atoms with van der Waals surface area (Å²) >= 11 is 1.47. The Hall–Kier alpha value is -0.980. The first-order valence-electron chi connectivity index (χ1n) is 6.62. The molecule has 1 unspecified atom stereocenters. The SMILES string of the molecule is CCN1CCN(c2nc(COC)c(C=O)s2)CC1C. The molecule has 0 bridgehead atoms. The Morgan fingerprint density at radius 1 is 1.53 bits per heavy atom. The van der Waals surface area contributed by atoms with Gasteiger partial charge in [-0.3, -0.25) is 9.69 Å². The quantitative estimate of drug-likeness (QED) is 0.769. The second-order valence-corrected chi connectivity index (χ2v) is 5.79. The number of hydrogen-bond acceptors (Lipinski definition) is 6. The first-order chi connectivity index (χ1) is 9.19. The van der Waals surface area contributed by atoms with Gasteiger partial charge < -0.3 is 9.64 Å². The summed E-state index contributed by atoms with van der Waals surface area (Å²) in [6, 6.07) is 0.521. The number of nitrogens with zero attached hydrogens (tertiary/aromatic N) is 3. The fraction of sp³-hybridized carbons (Fsp3) is 0.692. The highest BCUT2D eigenvalue weighted by atomic mass is 32.1. The van der Waals surface area contributed by atoms with Gasteiger partial charge in [0.15, 0.2) is 11.4 Å². The Bertz CT molecular complexity index is 436. The van der Waals surface area contributed by atoms with Crippen molar-refractivity contribution in [3.05, 3.63) is 10.6 Å². The van der Waals surface area contributed by atoms with Crippen LogP contribution in [-0.2, 0) is 11.3 Å². The Morgan fingerprint density at radius 3 is 2.89 bits per heavy atom. The highest BCUT2D eigenvalue weighted by Crippen LogP contribution is 2.27. The van der Waals surface area contributed by atoms with Crippen molar-refractivity contribution in [1.29, 1.82) is 0 Å². The minimum absolute atomic E-state index is 0.398. The molecule has 1 aromatic heterocycles. The van der Waals surface area contributed by atoms with Gasteiger partial charge in [-0.2, -0.15) is 0 Å². The van der Waals surface area contributed by atoms with E-state index in [0.717, 1.165) is 43.3 Å². The molecule has 0 radical (unpaired) electrons. The molecule has 19 heavy (non-hydrogen) atoms. The summed E-state index contributed by atoms with van der Waals surface area (Å²) in [5, 5.41) is 0.941. The van der Waals surface area contributed by atoms with E-state index in [4.69, 9.17) is 4.74 Å². The number of carbonyl (C=O) groups excluding carboxylic acids is 1. The molecule has 1 aromatic rings. The van der Waals surface area contributed by atoms with Crippen LogP contribution < -0.4 is 4.90 Å². The summed E-state index contributed by atoms with van der Waals surface area (Å²) in [7, 11) is 1.62. The van der Waals surface area contributed by atoms with Gasteiger partial charge in [0, 0.05) is 32.8 Å². The Morgan fingerprint density at radius 2 is 2.32 bits per heavy atom. The average Bonchev–Trinajstić information content (AvgIpc) is 2.82. The fourth-order valence-electron chi connectivity index (χ4n) is 2.46. The molecule has 2 rings (SSSR count). The average molecular weight is 283 g/mol. The Kier molecular flexibility index (Phi) is 4.90. The number of aromatic nitrogens is 1. The third kappa shape index (κ3) is 3.13. The Labute approximate surface area is 118 Å². The van der Waals surface area contributed by atoms with Crippen molar-refractivity contribution in [2.75, 3.05) is 38.2 Å². The number of methoxy groups -OCH3 is 1. The van der Waals surface area contributed by atoms with Crippen molar-refractivity contribution in [2.24, 2.45) is 0 Å². The van der Waals surface area contributed by atoms with Crippen LogP contribution in [0.2, 0.25) is 0 Å². The summed E-state index contributed by atoms with van der Waals surface area (Å²) in [6.45, 7) is 8.89. The third-order valence-electron chi connectivity index (χ3n) is 3.55. The van der Waals surface area contributed by atoms with E-state index < -0.39 is 0 Å². The standard InChI is InChI=1S/C13H21N3O2S/c1-4-15-5-6-16(7-10(15)2)13-14-11(9-18-3)12(8-17)19-13/h8,10H,4-7,9H2,1-3H3. The van der Waals surface area contributed by atoms with Gasteiger partial charge in [-0.05, 0) is 13.5 Å². The fourth-order valence-corrected chi connectivity index (χ4v) is 3.37. The molecule has 5 nitrogen and oxygen atoms in total. The molecule has 1 aliphatic heterocycles. The first kappa shape index (κ1) is 14.4. The van der Waals surface area contributed by atoms with Gasteiger partial charge in [-0.1, -0.05) is 18.3 Å². The monoisotopic (exact) mass is 283 g/mol. The molecule has 2 heterocycles. The van der Waals surface area contributed by atoms with Crippen molar-refractivity contribution in [3.8, 4) is 0 Å². The molecule has 0 saturated carbocycles. The topological polar surface area (TPSA) is 45.7 Å². The number of piperazine rings is 1. The molecule has 0 amide bonds. The van der Waals surface area contributed by atoms with Crippen LogP contribution in [0.1, 0.15) is 29.2 Å². The number of rotatable bonds is 5. The maximum atomic E-state index is 11.0. The van der Waals surface area contributed by atoms with E-state index in [0.29, 0.717) is 17.5 Å². The smallest absolute Gasteiger partial charge is 0.186 e. The molecule has 1 atom stereocenters.